The molecule has 0 aliphatic carbocycles. The number of carbonyl (C=O) groups is 1. The molecule has 0 aromatic heterocycles. The second-order valence-corrected chi connectivity index (χ2v) is 3.33. The van der Waals surface area contributed by atoms with Crippen LogP contribution in [0.1, 0.15) is 0 Å². The Morgan fingerprint density at radius 1 is 1.33 bits per heavy atom. The summed E-state index contributed by atoms with van der Waals surface area (Å²) in [5, 5.41) is 46.0. The van der Waals surface area contributed by atoms with Gasteiger partial charge in [0.25, 0.3) is 11.7 Å². The van der Waals surface area contributed by atoms with E-state index in [0.29, 0.717) is 0 Å². The second kappa shape index (κ2) is 4.00. The van der Waals surface area contributed by atoms with Gasteiger partial charge in [0.1, 0.15) is 24.4 Å². The van der Waals surface area contributed by atoms with Crippen LogP contribution in [0.25, 0.3) is 0 Å². The lowest BCUT2D eigenvalue weighted by Crippen LogP contribution is -2.69. The van der Waals surface area contributed by atoms with Gasteiger partial charge >= 0.3 is 0 Å². The molecule has 0 radical (unpaired) electrons. The molecule has 0 saturated carbocycles. The summed E-state index contributed by atoms with van der Waals surface area (Å²) >= 11 is 0. The van der Waals surface area contributed by atoms with Crippen molar-refractivity contribution >= 4 is 5.91 Å². The lowest BCUT2D eigenvalue weighted by Gasteiger charge is -2.43. The summed E-state index contributed by atoms with van der Waals surface area (Å²) in [6.45, 7) is -0.749. The first-order valence-corrected chi connectivity index (χ1v) is 4.19. The quantitative estimate of drug-likeness (QED) is 0.276. The molecule has 1 rings (SSSR count). The Labute approximate surface area is 84.5 Å². The monoisotopic (exact) mass is 223 g/mol. The summed E-state index contributed by atoms with van der Waals surface area (Å²) in [4.78, 5) is 10.8. The molecule has 1 aliphatic heterocycles. The van der Waals surface area contributed by atoms with Crippen LogP contribution in [-0.4, -0.2) is 68.2 Å². The zero-order valence-electron chi connectivity index (χ0n) is 7.65. The molecule has 5 atom stereocenters. The maximum atomic E-state index is 10.8. The van der Waals surface area contributed by atoms with Crippen molar-refractivity contribution in [3.05, 3.63) is 0 Å². The van der Waals surface area contributed by atoms with Gasteiger partial charge in [-0.05, 0) is 0 Å². The number of amides is 1. The SMILES string of the molecule is NC(=O)[C@]1(O)OC(CO)[C@@H](O)[C@H](O)C1O. The van der Waals surface area contributed by atoms with E-state index in [4.69, 9.17) is 10.8 Å². The van der Waals surface area contributed by atoms with Crippen LogP contribution in [0, 0.1) is 0 Å². The van der Waals surface area contributed by atoms with Gasteiger partial charge in [0.05, 0.1) is 6.61 Å². The normalized spacial score (nSPS) is 46.5. The van der Waals surface area contributed by atoms with E-state index in [2.05, 4.69) is 4.74 Å². The van der Waals surface area contributed by atoms with Gasteiger partial charge in [-0.3, -0.25) is 4.79 Å². The van der Waals surface area contributed by atoms with Crippen molar-refractivity contribution in [1.82, 2.24) is 0 Å². The molecule has 1 fully saturated rings. The molecule has 88 valence electrons. The number of hydrogen-bond donors (Lipinski definition) is 6. The Morgan fingerprint density at radius 2 is 1.87 bits per heavy atom. The van der Waals surface area contributed by atoms with Crippen LogP contribution in [-0.2, 0) is 9.53 Å². The molecule has 8 heteroatoms. The van der Waals surface area contributed by atoms with Gasteiger partial charge < -0.3 is 36.0 Å². The average molecular weight is 223 g/mol. The summed E-state index contributed by atoms with van der Waals surface area (Å²) < 4.78 is 4.55. The second-order valence-electron chi connectivity index (χ2n) is 3.33. The molecule has 8 nitrogen and oxygen atoms in total. The van der Waals surface area contributed by atoms with Gasteiger partial charge in [-0.15, -0.1) is 0 Å². The Kier molecular flexibility index (Phi) is 3.28. The van der Waals surface area contributed by atoms with E-state index in [9.17, 15) is 25.2 Å². The Bertz CT molecular complexity index is 258. The van der Waals surface area contributed by atoms with Crippen molar-refractivity contribution < 1.29 is 35.1 Å². The molecule has 7 N–H and O–H groups in total. The number of rotatable bonds is 2. The van der Waals surface area contributed by atoms with Gasteiger partial charge in [0.15, 0.2) is 0 Å². The molecule has 1 heterocycles. The summed E-state index contributed by atoms with van der Waals surface area (Å²) in [7, 11) is 0. The number of nitrogens with two attached hydrogens (primary N) is 1. The van der Waals surface area contributed by atoms with Crippen LogP contribution in [0.2, 0.25) is 0 Å². The fourth-order valence-electron chi connectivity index (χ4n) is 1.36. The topological polar surface area (TPSA) is 153 Å². The van der Waals surface area contributed by atoms with E-state index in [1.165, 1.54) is 0 Å². The van der Waals surface area contributed by atoms with Gasteiger partial charge in [0.2, 0.25) is 0 Å². The predicted molar refractivity (Wildman–Crippen MR) is 44.1 cm³/mol. The highest BCUT2D eigenvalue weighted by molar-refractivity contribution is 5.82. The number of hydrogen-bond acceptors (Lipinski definition) is 7. The molecular formula is C7H13NO7. The molecule has 0 bridgehead atoms. The highest BCUT2D eigenvalue weighted by atomic mass is 16.7. The number of carbonyl (C=O) groups excluding carboxylic acids is 1. The minimum atomic E-state index is -2.81. The zero-order valence-corrected chi connectivity index (χ0v) is 7.65. The molecule has 1 amide bonds. The zero-order chi connectivity index (χ0) is 11.8. The fourth-order valence-corrected chi connectivity index (χ4v) is 1.36. The molecular weight excluding hydrogens is 210 g/mol. The molecule has 0 aromatic carbocycles. The summed E-state index contributed by atoms with van der Waals surface area (Å²) in [5.74, 6) is -4.23. The minimum Gasteiger partial charge on any atom is -0.394 e. The van der Waals surface area contributed by atoms with Crippen LogP contribution in [0.4, 0.5) is 0 Å². The number of aliphatic hydroxyl groups excluding tert-OH is 4. The lowest BCUT2D eigenvalue weighted by molar-refractivity contribution is -0.330. The minimum absolute atomic E-state index is 0.749. The van der Waals surface area contributed by atoms with E-state index >= 15 is 0 Å². The summed E-state index contributed by atoms with van der Waals surface area (Å²) in [6, 6.07) is 0. The third-order valence-electron chi connectivity index (χ3n) is 2.32. The lowest BCUT2D eigenvalue weighted by atomic mass is 9.92. The van der Waals surface area contributed by atoms with E-state index in [1.807, 2.05) is 0 Å². The maximum absolute atomic E-state index is 10.8. The molecule has 15 heavy (non-hydrogen) atoms. The van der Waals surface area contributed by atoms with Crippen molar-refractivity contribution in [2.24, 2.45) is 5.73 Å². The Hall–Kier alpha value is -0.770. The summed E-state index contributed by atoms with van der Waals surface area (Å²) in [6.07, 6.45) is -6.94. The van der Waals surface area contributed by atoms with Crippen LogP contribution >= 0.6 is 0 Å². The number of ether oxygens (including phenoxy) is 1. The van der Waals surface area contributed by atoms with Crippen LogP contribution < -0.4 is 5.73 Å². The first-order valence-electron chi connectivity index (χ1n) is 4.19. The van der Waals surface area contributed by atoms with E-state index in [-0.39, 0.29) is 0 Å². The third-order valence-corrected chi connectivity index (χ3v) is 2.32. The number of aliphatic hydroxyl groups is 5. The Morgan fingerprint density at radius 3 is 2.27 bits per heavy atom. The van der Waals surface area contributed by atoms with Crippen LogP contribution in [0.5, 0.6) is 0 Å². The van der Waals surface area contributed by atoms with Crippen molar-refractivity contribution in [2.75, 3.05) is 6.61 Å². The Balaban J connectivity index is 2.97. The molecule has 0 spiro atoms. The van der Waals surface area contributed by atoms with Crippen molar-refractivity contribution in [3.8, 4) is 0 Å². The van der Waals surface area contributed by atoms with Crippen molar-refractivity contribution in [2.45, 2.75) is 30.2 Å². The largest absolute Gasteiger partial charge is 0.394 e. The van der Waals surface area contributed by atoms with Gasteiger partial charge in [-0.1, -0.05) is 0 Å². The molecule has 1 saturated heterocycles. The van der Waals surface area contributed by atoms with E-state index < -0.39 is 42.7 Å². The van der Waals surface area contributed by atoms with Crippen LogP contribution in [0.3, 0.4) is 0 Å². The van der Waals surface area contributed by atoms with Crippen molar-refractivity contribution in [3.63, 3.8) is 0 Å². The first-order chi connectivity index (χ1) is 6.84. The average Bonchev–Trinajstić information content (AvgIpc) is 2.20. The predicted octanol–water partition coefficient (Wildman–Crippen LogP) is -4.37. The smallest absolute Gasteiger partial charge is 0.280 e. The maximum Gasteiger partial charge on any atom is 0.280 e. The van der Waals surface area contributed by atoms with Gasteiger partial charge in [-0.2, -0.15) is 0 Å². The van der Waals surface area contributed by atoms with Gasteiger partial charge in [-0.25, -0.2) is 0 Å². The first kappa shape index (κ1) is 12.3. The van der Waals surface area contributed by atoms with E-state index in [1.54, 1.807) is 0 Å². The third kappa shape index (κ3) is 1.83. The molecule has 1 aliphatic rings. The fraction of sp³-hybridized carbons (Fsp3) is 0.857. The highest BCUT2D eigenvalue weighted by Gasteiger charge is 2.56. The highest BCUT2D eigenvalue weighted by Crippen LogP contribution is 2.27. The van der Waals surface area contributed by atoms with Crippen LogP contribution in [0.15, 0.2) is 0 Å². The summed E-state index contributed by atoms with van der Waals surface area (Å²) in [5.41, 5.74) is 4.77. The van der Waals surface area contributed by atoms with Gasteiger partial charge in [0, 0.05) is 0 Å². The standard InChI is InChI=1S/C7H13NO7/c8-6(13)7(14)5(12)4(11)3(10)2(1-9)15-7/h2-5,9-12,14H,1H2,(H2,8,13)/t2?,3-,4+,5?,7-/m1/s1. The number of primary amides is 1. The van der Waals surface area contributed by atoms with Crippen molar-refractivity contribution in [1.29, 1.82) is 0 Å². The van der Waals surface area contributed by atoms with E-state index in [0.717, 1.165) is 0 Å². The molecule has 0 aromatic rings. The molecule has 2 unspecified atom stereocenters.